The highest BCUT2D eigenvalue weighted by Gasteiger charge is 2.32. The Labute approximate surface area is 182 Å². The molecule has 1 unspecified atom stereocenters. The molecular formula is C24H28N6O. The minimum atomic E-state index is -0.0154. The number of carbonyl (C=O) groups is 1. The maximum Gasteiger partial charge on any atom is 0.231 e. The summed E-state index contributed by atoms with van der Waals surface area (Å²) < 4.78 is 1.91. The summed E-state index contributed by atoms with van der Waals surface area (Å²) in [6.07, 6.45) is 7.62. The predicted molar refractivity (Wildman–Crippen MR) is 121 cm³/mol. The van der Waals surface area contributed by atoms with Gasteiger partial charge in [0, 0.05) is 37.7 Å². The van der Waals surface area contributed by atoms with Crippen LogP contribution in [0.3, 0.4) is 0 Å². The van der Waals surface area contributed by atoms with E-state index in [4.69, 9.17) is 0 Å². The molecule has 1 saturated heterocycles. The first-order chi connectivity index (χ1) is 15.1. The van der Waals surface area contributed by atoms with Crippen molar-refractivity contribution in [3.8, 4) is 5.82 Å². The van der Waals surface area contributed by atoms with E-state index in [0.29, 0.717) is 6.54 Å². The van der Waals surface area contributed by atoms with Crippen LogP contribution in [0, 0.1) is 19.8 Å². The van der Waals surface area contributed by atoms with Crippen LogP contribution in [0.5, 0.6) is 0 Å². The van der Waals surface area contributed by atoms with Gasteiger partial charge in [-0.05, 0) is 63.3 Å². The number of nitrogens with zero attached hydrogens (tertiary/aromatic N) is 6. The molecular weight excluding hydrogens is 388 g/mol. The second-order valence-corrected chi connectivity index (χ2v) is 8.60. The van der Waals surface area contributed by atoms with Gasteiger partial charge in [-0.3, -0.25) is 9.36 Å². The molecule has 0 spiro atoms. The Hall–Kier alpha value is -3.22. The number of hydrogen-bond donors (Lipinski definition) is 0. The lowest BCUT2D eigenvalue weighted by atomic mass is 9.93. The van der Waals surface area contributed by atoms with Crippen molar-refractivity contribution in [1.82, 2.24) is 19.7 Å². The van der Waals surface area contributed by atoms with Crippen LogP contribution in [0.15, 0.2) is 42.7 Å². The lowest BCUT2D eigenvalue weighted by Gasteiger charge is -2.37. The molecule has 0 saturated carbocycles. The fourth-order valence-corrected chi connectivity index (χ4v) is 4.80. The third-order valence-corrected chi connectivity index (χ3v) is 6.42. The Kier molecular flexibility index (Phi) is 5.18. The van der Waals surface area contributed by atoms with Gasteiger partial charge in [-0.2, -0.15) is 0 Å². The molecule has 1 aromatic carbocycles. The topological polar surface area (TPSA) is 67.2 Å². The molecule has 1 atom stereocenters. The van der Waals surface area contributed by atoms with Crippen LogP contribution in [-0.4, -0.2) is 45.3 Å². The molecule has 0 aliphatic carbocycles. The number of benzene rings is 1. The number of aryl methyl sites for hydroxylation is 3. The average molecular weight is 417 g/mol. The summed E-state index contributed by atoms with van der Waals surface area (Å²) in [5.74, 6) is 2.69. The summed E-state index contributed by atoms with van der Waals surface area (Å²) in [6.45, 7) is 6.45. The summed E-state index contributed by atoms with van der Waals surface area (Å²) >= 11 is 0. The number of rotatable bonds is 3. The van der Waals surface area contributed by atoms with Crippen LogP contribution in [0.1, 0.15) is 36.2 Å². The molecule has 160 valence electrons. The second-order valence-electron chi connectivity index (χ2n) is 8.60. The van der Waals surface area contributed by atoms with Gasteiger partial charge in [-0.15, -0.1) is 10.2 Å². The maximum atomic E-state index is 13.5. The Morgan fingerprint density at radius 2 is 1.87 bits per heavy atom. The minimum Gasteiger partial charge on any atom is -0.354 e. The SMILES string of the molecule is Cc1ccc2c(c1)CCCN2C(=O)C1CCCN(c2ccc(-n3ccnc3C)nn2)C1. The van der Waals surface area contributed by atoms with E-state index in [1.807, 2.05) is 34.7 Å². The van der Waals surface area contributed by atoms with Crippen molar-refractivity contribution in [2.24, 2.45) is 5.92 Å². The molecule has 2 aliphatic rings. The lowest BCUT2D eigenvalue weighted by Crippen LogP contribution is -2.46. The Morgan fingerprint density at radius 3 is 2.65 bits per heavy atom. The van der Waals surface area contributed by atoms with Gasteiger partial charge >= 0.3 is 0 Å². The molecule has 0 bridgehead atoms. The third kappa shape index (κ3) is 3.80. The molecule has 2 aromatic heterocycles. The first kappa shape index (κ1) is 19.7. The Bertz CT molecular complexity index is 1090. The number of hydrogen-bond acceptors (Lipinski definition) is 5. The number of carbonyl (C=O) groups excluding carboxylic acids is 1. The van der Waals surface area contributed by atoms with Gasteiger partial charge in [-0.25, -0.2) is 4.98 Å². The van der Waals surface area contributed by atoms with E-state index in [-0.39, 0.29) is 11.8 Å². The van der Waals surface area contributed by atoms with Crippen molar-refractivity contribution >= 4 is 17.4 Å². The quantitative estimate of drug-likeness (QED) is 0.654. The molecule has 7 nitrogen and oxygen atoms in total. The van der Waals surface area contributed by atoms with Crippen LogP contribution >= 0.6 is 0 Å². The number of imidazole rings is 1. The largest absolute Gasteiger partial charge is 0.354 e. The molecule has 5 rings (SSSR count). The van der Waals surface area contributed by atoms with Crippen LogP contribution < -0.4 is 9.80 Å². The number of anilines is 2. The van der Waals surface area contributed by atoms with Crippen LogP contribution in [-0.2, 0) is 11.2 Å². The van der Waals surface area contributed by atoms with E-state index in [1.54, 1.807) is 6.20 Å². The van der Waals surface area contributed by atoms with Crippen molar-refractivity contribution < 1.29 is 4.79 Å². The third-order valence-electron chi connectivity index (χ3n) is 6.42. The summed E-state index contributed by atoms with van der Waals surface area (Å²) in [5.41, 5.74) is 3.65. The van der Waals surface area contributed by atoms with E-state index >= 15 is 0 Å². The number of amides is 1. The van der Waals surface area contributed by atoms with E-state index in [9.17, 15) is 4.79 Å². The van der Waals surface area contributed by atoms with Crippen LogP contribution in [0.4, 0.5) is 11.5 Å². The van der Waals surface area contributed by atoms with Gasteiger partial charge in [0.15, 0.2) is 11.6 Å². The van der Waals surface area contributed by atoms with E-state index in [1.165, 1.54) is 11.1 Å². The molecule has 31 heavy (non-hydrogen) atoms. The average Bonchev–Trinajstić information content (AvgIpc) is 3.24. The highest BCUT2D eigenvalue weighted by molar-refractivity contribution is 5.96. The van der Waals surface area contributed by atoms with Gasteiger partial charge in [-0.1, -0.05) is 17.7 Å². The second kappa shape index (κ2) is 8.13. The molecule has 0 radical (unpaired) electrons. The summed E-state index contributed by atoms with van der Waals surface area (Å²) in [7, 11) is 0. The zero-order valence-electron chi connectivity index (χ0n) is 18.2. The fraction of sp³-hybridized carbons (Fsp3) is 0.417. The number of aromatic nitrogens is 4. The molecule has 4 heterocycles. The molecule has 1 fully saturated rings. The van der Waals surface area contributed by atoms with Crippen molar-refractivity contribution in [2.45, 2.75) is 39.5 Å². The van der Waals surface area contributed by atoms with Crippen LogP contribution in [0.25, 0.3) is 5.82 Å². The zero-order chi connectivity index (χ0) is 21.4. The smallest absolute Gasteiger partial charge is 0.231 e. The van der Waals surface area contributed by atoms with E-state index in [0.717, 1.165) is 61.9 Å². The van der Waals surface area contributed by atoms with Crippen molar-refractivity contribution in [3.05, 3.63) is 59.7 Å². The van der Waals surface area contributed by atoms with Gasteiger partial charge < -0.3 is 9.80 Å². The van der Waals surface area contributed by atoms with Crippen molar-refractivity contribution in [1.29, 1.82) is 0 Å². The minimum absolute atomic E-state index is 0.0154. The first-order valence-corrected chi connectivity index (χ1v) is 11.1. The maximum absolute atomic E-state index is 13.5. The summed E-state index contributed by atoms with van der Waals surface area (Å²) in [6, 6.07) is 10.4. The normalized spacial score (nSPS) is 18.7. The molecule has 0 N–H and O–H groups in total. The highest BCUT2D eigenvalue weighted by Crippen LogP contribution is 2.31. The number of piperidine rings is 1. The zero-order valence-corrected chi connectivity index (χ0v) is 18.2. The summed E-state index contributed by atoms with van der Waals surface area (Å²) in [5, 5.41) is 8.84. The number of fused-ring (bicyclic) bond motifs is 1. The standard InChI is InChI=1S/C24H28N6O/c1-17-7-8-21-19(15-17)5-4-13-30(21)24(31)20-6-3-12-28(16-20)22-9-10-23(27-26-22)29-14-11-25-18(29)2/h7-11,14-15,20H,3-6,12-13,16H2,1-2H3. The predicted octanol–water partition coefficient (Wildman–Crippen LogP) is 3.47. The van der Waals surface area contributed by atoms with Gasteiger partial charge in [0.25, 0.3) is 0 Å². The Balaban J connectivity index is 1.32. The molecule has 1 amide bonds. The Morgan fingerprint density at radius 1 is 1.03 bits per heavy atom. The fourth-order valence-electron chi connectivity index (χ4n) is 4.80. The van der Waals surface area contributed by atoms with Gasteiger partial charge in [0.05, 0.1) is 5.92 Å². The van der Waals surface area contributed by atoms with E-state index in [2.05, 4.69) is 45.2 Å². The van der Waals surface area contributed by atoms with Crippen molar-refractivity contribution in [2.75, 3.05) is 29.4 Å². The first-order valence-electron chi connectivity index (χ1n) is 11.1. The molecule has 7 heteroatoms. The monoisotopic (exact) mass is 416 g/mol. The molecule has 3 aromatic rings. The van der Waals surface area contributed by atoms with Gasteiger partial charge in [0.1, 0.15) is 5.82 Å². The summed E-state index contributed by atoms with van der Waals surface area (Å²) in [4.78, 5) is 21.9. The van der Waals surface area contributed by atoms with Gasteiger partial charge in [0.2, 0.25) is 5.91 Å². The molecule has 2 aliphatic heterocycles. The van der Waals surface area contributed by atoms with E-state index < -0.39 is 0 Å². The highest BCUT2D eigenvalue weighted by atomic mass is 16.2. The lowest BCUT2D eigenvalue weighted by molar-refractivity contribution is -0.122. The van der Waals surface area contributed by atoms with Crippen molar-refractivity contribution in [3.63, 3.8) is 0 Å². The van der Waals surface area contributed by atoms with Crippen LogP contribution in [0.2, 0.25) is 0 Å².